The van der Waals surface area contributed by atoms with Gasteiger partial charge in [0.05, 0.1) is 12.5 Å². The highest BCUT2D eigenvalue weighted by Crippen LogP contribution is 2.30. The fraction of sp³-hybridized carbons (Fsp3) is 0.429. The molecule has 2 aliphatic heterocycles. The lowest BCUT2D eigenvalue weighted by atomic mass is 9.94. The van der Waals surface area contributed by atoms with Crippen LogP contribution in [0.3, 0.4) is 0 Å². The van der Waals surface area contributed by atoms with E-state index >= 15 is 0 Å². The first-order chi connectivity index (χ1) is 9.16. The molecule has 2 aliphatic rings. The van der Waals surface area contributed by atoms with Crippen molar-refractivity contribution in [3.05, 3.63) is 35.4 Å². The Labute approximate surface area is 110 Å². The molecule has 0 radical (unpaired) electrons. The van der Waals surface area contributed by atoms with Crippen LogP contribution in [-0.2, 0) is 20.7 Å². The molecule has 19 heavy (non-hydrogen) atoms. The number of carbonyl (C=O) groups excluding carboxylic acids is 1. The second-order valence-corrected chi connectivity index (χ2v) is 4.98. The quantitative estimate of drug-likeness (QED) is 0.856. The molecule has 3 rings (SSSR count). The first-order valence-electron chi connectivity index (χ1n) is 6.38. The summed E-state index contributed by atoms with van der Waals surface area (Å²) in [7, 11) is 0. The summed E-state index contributed by atoms with van der Waals surface area (Å²) in [5, 5.41) is 8.83. The summed E-state index contributed by atoms with van der Waals surface area (Å²) in [5.41, 5.74) is 2.06. The van der Waals surface area contributed by atoms with Crippen molar-refractivity contribution < 1.29 is 19.4 Å². The Bertz CT molecular complexity index is 522. The minimum atomic E-state index is -0.839. The maximum atomic E-state index is 12.3. The van der Waals surface area contributed by atoms with Crippen LogP contribution in [0.5, 0.6) is 0 Å². The van der Waals surface area contributed by atoms with Crippen LogP contribution in [0.4, 0.5) is 0 Å². The number of carboxylic acid groups (broad SMARTS) is 1. The van der Waals surface area contributed by atoms with E-state index in [1.54, 1.807) is 4.90 Å². The fourth-order valence-corrected chi connectivity index (χ4v) is 2.58. The summed E-state index contributed by atoms with van der Waals surface area (Å²) >= 11 is 0. The zero-order valence-electron chi connectivity index (χ0n) is 10.4. The molecule has 0 aliphatic carbocycles. The summed E-state index contributed by atoms with van der Waals surface area (Å²) in [6.45, 7) is 1.11. The highest BCUT2D eigenvalue weighted by atomic mass is 16.5. The summed E-state index contributed by atoms with van der Waals surface area (Å²) in [4.78, 5) is 24.6. The number of hydrogen-bond donors (Lipinski definition) is 1. The van der Waals surface area contributed by atoms with Gasteiger partial charge in [0, 0.05) is 13.1 Å². The van der Waals surface area contributed by atoms with E-state index in [-0.39, 0.29) is 19.0 Å². The number of likely N-dealkylation sites (tertiary alicyclic amines) is 1. The minimum absolute atomic E-state index is 0.121. The molecule has 1 N–H and O–H groups in total. The van der Waals surface area contributed by atoms with Crippen LogP contribution < -0.4 is 0 Å². The summed E-state index contributed by atoms with van der Waals surface area (Å²) in [5.74, 6) is -1.39. The smallest absolute Gasteiger partial charge is 0.310 e. The number of carboxylic acids is 1. The van der Waals surface area contributed by atoms with E-state index in [1.807, 2.05) is 24.3 Å². The van der Waals surface area contributed by atoms with E-state index in [4.69, 9.17) is 9.84 Å². The topological polar surface area (TPSA) is 66.8 Å². The van der Waals surface area contributed by atoms with Crippen molar-refractivity contribution in [2.24, 2.45) is 5.92 Å². The minimum Gasteiger partial charge on any atom is -0.481 e. The summed E-state index contributed by atoms with van der Waals surface area (Å²) in [6.07, 6.45) is 0.247. The van der Waals surface area contributed by atoms with Gasteiger partial charge in [-0.1, -0.05) is 24.3 Å². The van der Waals surface area contributed by atoms with Crippen molar-refractivity contribution in [1.29, 1.82) is 0 Å². The van der Waals surface area contributed by atoms with Crippen molar-refractivity contribution in [2.75, 3.05) is 19.7 Å². The van der Waals surface area contributed by atoms with Crippen molar-refractivity contribution in [3.8, 4) is 0 Å². The first-order valence-corrected chi connectivity index (χ1v) is 6.38. The van der Waals surface area contributed by atoms with Crippen molar-refractivity contribution in [3.63, 3.8) is 0 Å². The Kier molecular flexibility index (Phi) is 2.98. The maximum Gasteiger partial charge on any atom is 0.310 e. The van der Waals surface area contributed by atoms with Gasteiger partial charge < -0.3 is 14.7 Å². The van der Waals surface area contributed by atoms with Gasteiger partial charge in [-0.05, 0) is 17.5 Å². The molecule has 1 atom stereocenters. The van der Waals surface area contributed by atoms with Crippen LogP contribution >= 0.6 is 0 Å². The van der Waals surface area contributed by atoms with Gasteiger partial charge in [0.15, 0.2) is 6.10 Å². The van der Waals surface area contributed by atoms with Gasteiger partial charge >= 0.3 is 5.97 Å². The van der Waals surface area contributed by atoms with Crippen LogP contribution in [0.15, 0.2) is 24.3 Å². The van der Waals surface area contributed by atoms with Crippen molar-refractivity contribution in [1.82, 2.24) is 4.90 Å². The van der Waals surface area contributed by atoms with Gasteiger partial charge in [0.25, 0.3) is 5.91 Å². The molecule has 1 unspecified atom stereocenters. The molecule has 0 saturated carbocycles. The molecule has 0 spiro atoms. The highest BCUT2D eigenvalue weighted by molar-refractivity contribution is 5.85. The Balaban J connectivity index is 1.74. The molecule has 5 nitrogen and oxygen atoms in total. The van der Waals surface area contributed by atoms with E-state index < -0.39 is 18.0 Å². The lowest BCUT2D eigenvalue weighted by Gasteiger charge is -2.39. The number of rotatable bonds is 2. The van der Waals surface area contributed by atoms with Crippen LogP contribution in [0.2, 0.25) is 0 Å². The van der Waals surface area contributed by atoms with Gasteiger partial charge in [-0.15, -0.1) is 0 Å². The van der Waals surface area contributed by atoms with Gasteiger partial charge in [-0.25, -0.2) is 0 Å². The number of nitrogens with zero attached hydrogens (tertiary/aromatic N) is 1. The monoisotopic (exact) mass is 261 g/mol. The average molecular weight is 261 g/mol. The predicted octanol–water partition coefficient (Wildman–Crippen LogP) is 0.843. The summed E-state index contributed by atoms with van der Waals surface area (Å²) < 4.78 is 5.58. The molecular weight excluding hydrogens is 246 g/mol. The zero-order valence-corrected chi connectivity index (χ0v) is 10.4. The van der Waals surface area contributed by atoms with Crippen LogP contribution in [-0.4, -0.2) is 41.6 Å². The number of benzene rings is 1. The molecule has 2 heterocycles. The Morgan fingerprint density at radius 3 is 2.74 bits per heavy atom. The first kappa shape index (κ1) is 12.2. The normalized spacial score (nSPS) is 22.5. The molecule has 1 saturated heterocycles. The van der Waals surface area contributed by atoms with Crippen molar-refractivity contribution in [2.45, 2.75) is 12.5 Å². The Morgan fingerprint density at radius 1 is 1.26 bits per heavy atom. The SMILES string of the molecule is O=C(O)C1CN(C(=O)C2OCCc3ccccc32)C1. The standard InChI is InChI=1S/C14H15NO4/c16-13(15-7-10(8-15)14(17)18)12-11-4-2-1-3-9(11)5-6-19-12/h1-4,10,12H,5-8H2,(H,17,18). The number of aliphatic carboxylic acids is 1. The predicted molar refractivity (Wildman–Crippen MR) is 66.5 cm³/mol. The van der Waals surface area contributed by atoms with Crippen LogP contribution in [0.1, 0.15) is 17.2 Å². The third-order valence-electron chi connectivity index (χ3n) is 3.76. The van der Waals surface area contributed by atoms with E-state index in [9.17, 15) is 9.59 Å². The van der Waals surface area contributed by atoms with E-state index in [2.05, 4.69) is 0 Å². The van der Waals surface area contributed by atoms with Gasteiger partial charge in [0.2, 0.25) is 0 Å². The summed E-state index contributed by atoms with van der Waals surface area (Å²) in [6, 6.07) is 7.76. The number of amides is 1. The van der Waals surface area contributed by atoms with Gasteiger partial charge in [-0.2, -0.15) is 0 Å². The second kappa shape index (κ2) is 4.66. The Hall–Kier alpha value is -1.88. The van der Waals surface area contributed by atoms with Gasteiger partial charge in [0.1, 0.15) is 0 Å². The number of carbonyl (C=O) groups is 2. The number of fused-ring (bicyclic) bond motifs is 1. The maximum absolute atomic E-state index is 12.3. The molecule has 1 aromatic rings. The molecular formula is C14H15NO4. The van der Waals surface area contributed by atoms with Gasteiger partial charge in [-0.3, -0.25) is 9.59 Å². The van der Waals surface area contributed by atoms with Crippen LogP contribution in [0, 0.1) is 5.92 Å². The van der Waals surface area contributed by atoms with E-state index in [0.29, 0.717) is 6.61 Å². The third-order valence-corrected chi connectivity index (χ3v) is 3.76. The number of hydrogen-bond acceptors (Lipinski definition) is 3. The third kappa shape index (κ3) is 2.10. The van der Waals surface area contributed by atoms with Crippen molar-refractivity contribution >= 4 is 11.9 Å². The van der Waals surface area contributed by atoms with E-state index in [1.165, 1.54) is 0 Å². The molecule has 100 valence electrons. The molecule has 0 bridgehead atoms. The highest BCUT2D eigenvalue weighted by Gasteiger charge is 2.40. The largest absolute Gasteiger partial charge is 0.481 e. The molecule has 1 fully saturated rings. The fourth-order valence-electron chi connectivity index (χ4n) is 2.58. The molecule has 5 heteroatoms. The molecule has 0 aromatic heterocycles. The lowest BCUT2D eigenvalue weighted by Crippen LogP contribution is -2.54. The number of ether oxygens (including phenoxy) is 1. The Morgan fingerprint density at radius 2 is 2.00 bits per heavy atom. The second-order valence-electron chi connectivity index (χ2n) is 4.98. The van der Waals surface area contributed by atoms with E-state index in [0.717, 1.165) is 17.5 Å². The average Bonchev–Trinajstić information content (AvgIpc) is 2.35. The lowest BCUT2D eigenvalue weighted by molar-refractivity contribution is -0.159. The molecule has 1 amide bonds. The molecule has 1 aromatic carbocycles. The zero-order chi connectivity index (χ0) is 13.4. The van der Waals surface area contributed by atoms with Crippen LogP contribution in [0.25, 0.3) is 0 Å².